The van der Waals surface area contributed by atoms with Crippen molar-refractivity contribution in [3.63, 3.8) is 0 Å². The van der Waals surface area contributed by atoms with Crippen LogP contribution in [0.3, 0.4) is 0 Å². The molecule has 0 aromatic heterocycles. The number of aryl methyl sites for hydroxylation is 1. The summed E-state index contributed by atoms with van der Waals surface area (Å²) in [5, 5.41) is 13.2. The number of phenolic OH excluding ortho intramolecular Hbond substituents is 1. The summed E-state index contributed by atoms with van der Waals surface area (Å²) in [4.78, 5) is 0. The Morgan fingerprint density at radius 2 is 2.19 bits per heavy atom. The van der Waals surface area contributed by atoms with Crippen LogP contribution >= 0.6 is 11.8 Å². The third-order valence-corrected chi connectivity index (χ3v) is 3.41. The average Bonchev–Trinajstić information content (AvgIpc) is 2.28. The fraction of sp³-hybridized carbons (Fsp3) is 0.538. The first-order valence-electron chi connectivity index (χ1n) is 5.68. The fourth-order valence-corrected chi connectivity index (χ4v) is 2.39. The van der Waals surface area contributed by atoms with Crippen molar-refractivity contribution in [1.29, 1.82) is 0 Å². The number of phenols is 1. The minimum absolute atomic E-state index is 0.386. The van der Waals surface area contributed by atoms with Gasteiger partial charge < -0.3 is 10.4 Å². The first-order valence-corrected chi connectivity index (χ1v) is 7.07. The van der Waals surface area contributed by atoms with Gasteiger partial charge in [0.1, 0.15) is 5.75 Å². The molecule has 1 unspecified atom stereocenters. The second-order valence-electron chi connectivity index (χ2n) is 4.07. The second kappa shape index (κ2) is 6.81. The smallest absolute Gasteiger partial charge is 0.120 e. The summed E-state index contributed by atoms with van der Waals surface area (Å²) in [6, 6.07) is 6.25. The molecule has 0 saturated heterocycles. The summed E-state index contributed by atoms with van der Waals surface area (Å²) >= 11 is 1.85. The normalized spacial score (nSPS) is 12.7. The Kier molecular flexibility index (Phi) is 5.71. The van der Waals surface area contributed by atoms with Gasteiger partial charge >= 0.3 is 0 Å². The van der Waals surface area contributed by atoms with Gasteiger partial charge in [0.05, 0.1) is 0 Å². The summed E-state index contributed by atoms with van der Waals surface area (Å²) in [5.74, 6) is 1.50. The molecule has 90 valence electrons. The summed E-state index contributed by atoms with van der Waals surface area (Å²) < 4.78 is 0. The van der Waals surface area contributed by atoms with E-state index in [2.05, 4.69) is 18.5 Å². The quantitative estimate of drug-likeness (QED) is 0.800. The molecule has 0 fully saturated rings. The minimum Gasteiger partial charge on any atom is -0.508 e. The van der Waals surface area contributed by atoms with Crippen LogP contribution < -0.4 is 5.32 Å². The van der Waals surface area contributed by atoms with E-state index in [4.69, 9.17) is 0 Å². The maximum absolute atomic E-state index is 9.71. The molecule has 2 N–H and O–H groups in total. The van der Waals surface area contributed by atoms with E-state index in [9.17, 15) is 5.11 Å². The van der Waals surface area contributed by atoms with Gasteiger partial charge in [0, 0.05) is 23.9 Å². The summed E-state index contributed by atoms with van der Waals surface area (Å²) in [6.07, 6.45) is 3.24. The van der Waals surface area contributed by atoms with Gasteiger partial charge in [-0.15, -0.1) is 0 Å². The molecule has 0 heterocycles. The summed E-state index contributed by atoms with van der Waals surface area (Å²) in [5.41, 5.74) is 2.17. The van der Waals surface area contributed by atoms with Crippen LogP contribution in [0, 0.1) is 6.92 Å². The van der Waals surface area contributed by atoms with Crippen LogP contribution in [-0.2, 0) is 6.54 Å². The molecule has 2 nitrogen and oxygen atoms in total. The lowest BCUT2D eigenvalue weighted by Crippen LogP contribution is -2.30. The molecule has 0 saturated carbocycles. The van der Waals surface area contributed by atoms with Crippen LogP contribution in [0.25, 0.3) is 0 Å². The van der Waals surface area contributed by atoms with E-state index in [1.807, 2.05) is 30.8 Å². The van der Waals surface area contributed by atoms with E-state index >= 15 is 0 Å². The van der Waals surface area contributed by atoms with E-state index in [-0.39, 0.29) is 0 Å². The third-order valence-electron chi connectivity index (χ3n) is 2.68. The highest BCUT2D eigenvalue weighted by molar-refractivity contribution is 7.98. The molecule has 0 aliphatic carbocycles. The van der Waals surface area contributed by atoms with Gasteiger partial charge in [-0.1, -0.05) is 24.6 Å². The maximum atomic E-state index is 9.71. The topological polar surface area (TPSA) is 32.3 Å². The van der Waals surface area contributed by atoms with Crippen molar-refractivity contribution in [2.45, 2.75) is 32.9 Å². The van der Waals surface area contributed by atoms with Gasteiger partial charge in [-0.2, -0.15) is 11.8 Å². The molecule has 0 aliphatic heterocycles. The Labute approximate surface area is 102 Å². The number of benzene rings is 1. The molecule has 0 radical (unpaired) electrons. The van der Waals surface area contributed by atoms with Gasteiger partial charge in [0.25, 0.3) is 0 Å². The van der Waals surface area contributed by atoms with E-state index < -0.39 is 0 Å². The minimum atomic E-state index is 0.386. The third kappa shape index (κ3) is 4.06. The number of hydrogen-bond donors (Lipinski definition) is 2. The lowest BCUT2D eigenvalue weighted by Gasteiger charge is -2.16. The molecular weight excluding hydrogens is 218 g/mol. The van der Waals surface area contributed by atoms with Crippen molar-refractivity contribution in [3.05, 3.63) is 29.3 Å². The van der Waals surface area contributed by atoms with Crippen LogP contribution in [0.15, 0.2) is 18.2 Å². The molecule has 0 amide bonds. The van der Waals surface area contributed by atoms with Crippen molar-refractivity contribution in [2.75, 3.05) is 12.0 Å². The summed E-state index contributed by atoms with van der Waals surface area (Å²) in [6.45, 7) is 4.97. The standard InChI is InChI=1S/C13H21NOS/c1-4-12(9-16-3)14-8-11-7-10(2)5-6-13(11)15/h5-7,12,14-15H,4,8-9H2,1-3H3. The molecular formula is C13H21NOS. The van der Waals surface area contributed by atoms with Gasteiger partial charge in [-0.3, -0.25) is 0 Å². The number of nitrogens with one attached hydrogen (secondary N) is 1. The predicted molar refractivity (Wildman–Crippen MR) is 72.1 cm³/mol. The van der Waals surface area contributed by atoms with Crippen LogP contribution in [0.4, 0.5) is 0 Å². The number of hydrogen-bond acceptors (Lipinski definition) is 3. The summed E-state index contributed by atoms with van der Waals surface area (Å²) in [7, 11) is 0. The molecule has 0 aliphatic rings. The van der Waals surface area contributed by atoms with Gasteiger partial charge in [0.15, 0.2) is 0 Å². The molecule has 16 heavy (non-hydrogen) atoms. The maximum Gasteiger partial charge on any atom is 0.120 e. The largest absolute Gasteiger partial charge is 0.508 e. The molecule has 0 spiro atoms. The van der Waals surface area contributed by atoms with Crippen molar-refractivity contribution < 1.29 is 5.11 Å². The average molecular weight is 239 g/mol. The number of thioether (sulfide) groups is 1. The Balaban J connectivity index is 2.55. The van der Waals surface area contributed by atoms with Crippen LogP contribution in [0.5, 0.6) is 5.75 Å². The van der Waals surface area contributed by atoms with E-state index in [1.165, 1.54) is 5.56 Å². The molecule has 1 atom stereocenters. The van der Waals surface area contributed by atoms with Crippen molar-refractivity contribution in [3.8, 4) is 5.75 Å². The molecule has 0 bridgehead atoms. The van der Waals surface area contributed by atoms with Gasteiger partial charge in [0.2, 0.25) is 0 Å². The highest BCUT2D eigenvalue weighted by Crippen LogP contribution is 2.18. The highest BCUT2D eigenvalue weighted by Gasteiger charge is 2.06. The van der Waals surface area contributed by atoms with Crippen molar-refractivity contribution in [1.82, 2.24) is 5.32 Å². The zero-order valence-electron chi connectivity index (χ0n) is 10.3. The monoisotopic (exact) mass is 239 g/mol. The van der Waals surface area contributed by atoms with E-state index in [0.717, 1.165) is 24.3 Å². The zero-order chi connectivity index (χ0) is 12.0. The van der Waals surface area contributed by atoms with Gasteiger partial charge in [-0.05, 0) is 25.7 Å². The Bertz CT molecular complexity index is 328. The van der Waals surface area contributed by atoms with Crippen LogP contribution in [0.2, 0.25) is 0 Å². The Hall–Kier alpha value is -0.670. The fourth-order valence-electron chi connectivity index (χ4n) is 1.63. The number of rotatable bonds is 6. The Morgan fingerprint density at radius 1 is 1.44 bits per heavy atom. The molecule has 1 rings (SSSR count). The molecule has 3 heteroatoms. The predicted octanol–water partition coefficient (Wildman–Crippen LogP) is 2.93. The highest BCUT2D eigenvalue weighted by atomic mass is 32.2. The lowest BCUT2D eigenvalue weighted by molar-refractivity contribution is 0.458. The lowest BCUT2D eigenvalue weighted by atomic mass is 10.1. The SMILES string of the molecule is CCC(CSC)NCc1cc(C)ccc1O. The molecule has 1 aromatic rings. The van der Waals surface area contributed by atoms with E-state index in [0.29, 0.717) is 11.8 Å². The number of aromatic hydroxyl groups is 1. The zero-order valence-corrected chi connectivity index (χ0v) is 11.1. The van der Waals surface area contributed by atoms with Gasteiger partial charge in [-0.25, -0.2) is 0 Å². The first-order chi connectivity index (χ1) is 7.67. The van der Waals surface area contributed by atoms with Crippen molar-refractivity contribution in [2.24, 2.45) is 0 Å². The van der Waals surface area contributed by atoms with Crippen LogP contribution in [0.1, 0.15) is 24.5 Å². The van der Waals surface area contributed by atoms with E-state index in [1.54, 1.807) is 6.07 Å². The second-order valence-corrected chi connectivity index (χ2v) is 4.98. The molecule has 1 aromatic carbocycles. The first kappa shape index (κ1) is 13.4. The Morgan fingerprint density at radius 3 is 2.81 bits per heavy atom. The van der Waals surface area contributed by atoms with Crippen LogP contribution in [-0.4, -0.2) is 23.2 Å². The van der Waals surface area contributed by atoms with Crippen molar-refractivity contribution >= 4 is 11.8 Å².